The van der Waals surface area contributed by atoms with Gasteiger partial charge in [0.2, 0.25) is 0 Å². The van der Waals surface area contributed by atoms with Crippen LogP contribution in [-0.2, 0) is 10.3 Å². The molecule has 0 fully saturated rings. The van der Waals surface area contributed by atoms with Crippen LogP contribution in [0.1, 0.15) is 37.7 Å². The first-order chi connectivity index (χ1) is 14.7. The molecule has 0 aliphatic carbocycles. The lowest BCUT2D eigenvalue weighted by Crippen LogP contribution is -2.31. The summed E-state index contributed by atoms with van der Waals surface area (Å²) in [6.45, 7) is 9.27. The van der Waals surface area contributed by atoms with Crippen LogP contribution in [0.4, 0.5) is 0 Å². The van der Waals surface area contributed by atoms with Gasteiger partial charge < -0.3 is 24.4 Å². The predicted molar refractivity (Wildman–Crippen MR) is 119 cm³/mol. The van der Waals surface area contributed by atoms with Crippen LogP contribution in [0.5, 0.6) is 17.2 Å². The summed E-state index contributed by atoms with van der Waals surface area (Å²) in [5.41, 5.74) is 9.11. The van der Waals surface area contributed by atoms with Crippen LogP contribution in [0.2, 0.25) is 0 Å². The molecular weight excluding hydrogens is 392 g/mol. The molecule has 3 heterocycles. The Bertz CT molecular complexity index is 1190. The summed E-state index contributed by atoms with van der Waals surface area (Å²) in [5.74, 6) is 3.09. The second kappa shape index (κ2) is 6.80. The van der Waals surface area contributed by atoms with E-state index in [0.717, 1.165) is 45.3 Å². The smallest absolute Gasteiger partial charge is 0.283 e. The summed E-state index contributed by atoms with van der Waals surface area (Å²) in [7, 11) is 0. The highest BCUT2D eigenvalue weighted by Gasteiger charge is 2.47. The van der Waals surface area contributed by atoms with Crippen molar-refractivity contribution in [3.63, 3.8) is 0 Å². The molecule has 0 saturated heterocycles. The normalized spacial score (nSPS) is 19.3. The molecule has 0 saturated carbocycles. The lowest BCUT2D eigenvalue weighted by molar-refractivity contribution is 0.197. The molecular formula is C25H26N2O4. The van der Waals surface area contributed by atoms with Gasteiger partial charge in [-0.1, -0.05) is 26.8 Å². The Morgan fingerprint density at radius 1 is 1.06 bits per heavy atom. The van der Waals surface area contributed by atoms with E-state index >= 15 is 0 Å². The first-order valence-electron chi connectivity index (χ1n) is 10.4. The Morgan fingerprint density at radius 2 is 1.81 bits per heavy atom. The fourth-order valence-corrected chi connectivity index (χ4v) is 4.08. The molecule has 1 atom stereocenters. The number of aryl methyl sites for hydroxylation is 1. The number of furan rings is 1. The second-order valence-corrected chi connectivity index (χ2v) is 9.31. The topological polar surface area (TPSA) is 79.2 Å². The van der Waals surface area contributed by atoms with E-state index in [1.807, 2.05) is 43.3 Å². The zero-order chi connectivity index (χ0) is 21.8. The maximum absolute atomic E-state index is 6.26. The summed E-state index contributed by atoms with van der Waals surface area (Å²) in [6.07, 6.45) is 1.69. The fraction of sp³-hybridized carbons (Fsp3) is 0.320. The number of aliphatic imine (C=N–C) groups is 1. The molecule has 2 aromatic carbocycles. The van der Waals surface area contributed by atoms with Crippen LogP contribution in [0, 0.1) is 12.3 Å². The summed E-state index contributed by atoms with van der Waals surface area (Å²) >= 11 is 0. The molecule has 3 aromatic rings. The van der Waals surface area contributed by atoms with Gasteiger partial charge >= 0.3 is 0 Å². The van der Waals surface area contributed by atoms with Crippen molar-refractivity contribution in [1.29, 1.82) is 0 Å². The molecule has 2 aliphatic heterocycles. The van der Waals surface area contributed by atoms with E-state index in [2.05, 4.69) is 26.8 Å². The molecule has 1 spiro atoms. The number of fused-ring (bicyclic) bond motifs is 4. The van der Waals surface area contributed by atoms with Crippen LogP contribution in [0.3, 0.4) is 0 Å². The Labute approximate surface area is 181 Å². The summed E-state index contributed by atoms with van der Waals surface area (Å²) in [5, 5.41) is 0. The van der Waals surface area contributed by atoms with Gasteiger partial charge in [-0.05, 0) is 54.3 Å². The van der Waals surface area contributed by atoms with Crippen LogP contribution in [0.25, 0.3) is 11.1 Å². The summed E-state index contributed by atoms with van der Waals surface area (Å²) in [6, 6.07) is 14.1. The lowest BCUT2D eigenvalue weighted by atomic mass is 9.80. The van der Waals surface area contributed by atoms with Gasteiger partial charge in [0, 0.05) is 16.7 Å². The minimum Gasteiger partial charge on any atom is -0.493 e. The van der Waals surface area contributed by atoms with Crippen molar-refractivity contribution < 1.29 is 18.6 Å². The van der Waals surface area contributed by atoms with E-state index in [1.165, 1.54) is 0 Å². The van der Waals surface area contributed by atoms with Crippen molar-refractivity contribution in [2.45, 2.75) is 33.2 Å². The Kier molecular flexibility index (Phi) is 4.29. The number of hydrogen-bond acceptors (Lipinski definition) is 6. The number of nitrogens with two attached hydrogens (primary N) is 1. The average Bonchev–Trinajstić information content (AvgIpc) is 3.33. The quantitative estimate of drug-likeness (QED) is 0.618. The minimum absolute atomic E-state index is 0.0487. The SMILES string of the molecule is Cc1occc1-c1ccc2c(c1)[C@@]1(COC(N)=N1)c1cc(OCC(C)(C)C)ccc1O2. The van der Waals surface area contributed by atoms with Gasteiger partial charge in [0.05, 0.1) is 12.9 Å². The van der Waals surface area contributed by atoms with E-state index in [-0.39, 0.29) is 11.4 Å². The van der Waals surface area contributed by atoms with Gasteiger partial charge in [0.15, 0.2) is 5.54 Å². The average molecular weight is 418 g/mol. The highest BCUT2D eigenvalue weighted by Crippen LogP contribution is 2.52. The van der Waals surface area contributed by atoms with Gasteiger partial charge in [-0.3, -0.25) is 0 Å². The van der Waals surface area contributed by atoms with Crippen molar-refractivity contribution in [2.75, 3.05) is 13.2 Å². The van der Waals surface area contributed by atoms with Crippen LogP contribution in [0.15, 0.2) is 58.1 Å². The monoisotopic (exact) mass is 418 g/mol. The molecule has 1 aromatic heterocycles. The van der Waals surface area contributed by atoms with Crippen LogP contribution >= 0.6 is 0 Å². The predicted octanol–water partition coefficient (Wildman–Crippen LogP) is 5.37. The van der Waals surface area contributed by atoms with Gasteiger partial charge in [0.1, 0.15) is 29.6 Å². The van der Waals surface area contributed by atoms with Crippen molar-refractivity contribution in [2.24, 2.45) is 16.1 Å². The molecule has 160 valence electrons. The first-order valence-corrected chi connectivity index (χ1v) is 10.4. The van der Waals surface area contributed by atoms with Gasteiger partial charge in [-0.15, -0.1) is 0 Å². The standard InChI is InChI=1S/C25H26N2O4/c1-15-18(9-10-28-15)16-5-7-21-19(11-16)25(14-30-23(26)27-25)20-12-17(6-8-22(20)31-21)29-13-24(2,3)4/h5-12H,13-14H2,1-4H3,(H2,26,27)/t25-/m0/s1. The number of benzene rings is 2. The summed E-state index contributed by atoms with van der Waals surface area (Å²) in [4.78, 5) is 4.77. The third-order valence-corrected chi connectivity index (χ3v) is 5.61. The van der Waals surface area contributed by atoms with Crippen LogP contribution in [-0.4, -0.2) is 19.2 Å². The number of nitrogens with zero attached hydrogens (tertiary/aromatic N) is 1. The molecule has 0 unspecified atom stereocenters. The zero-order valence-corrected chi connectivity index (χ0v) is 18.2. The minimum atomic E-state index is -0.790. The van der Waals surface area contributed by atoms with Gasteiger partial charge in [-0.25, -0.2) is 4.99 Å². The van der Waals surface area contributed by atoms with Crippen molar-refractivity contribution in [3.05, 3.63) is 65.6 Å². The molecule has 0 bridgehead atoms. The van der Waals surface area contributed by atoms with Crippen LogP contribution < -0.4 is 15.2 Å². The Hall–Kier alpha value is -3.41. The molecule has 6 heteroatoms. The van der Waals surface area contributed by atoms with Gasteiger partial charge in [-0.2, -0.15) is 0 Å². The number of amidine groups is 1. The molecule has 0 radical (unpaired) electrons. The molecule has 0 amide bonds. The number of ether oxygens (including phenoxy) is 3. The van der Waals surface area contributed by atoms with Crippen molar-refractivity contribution in [1.82, 2.24) is 0 Å². The van der Waals surface area contributed by atoms with E-state index in [4.69, 9.17) is 29.4 Å². The zero-order valence-electron chi connectivity index (χ0n) is 18.2. The first kappa shape index (κ1) is 19.5. The fourth-order valence-electron chi connectivity index (χ4n) is 4.08. The third kappa shape index (κ3) is 3.32. The molecule has 31 heavy (non-hydrogen) atoms. The highest BCUT2D eigenvalue weighted by molar-refractivity contribution is 5.78. The van der Waals surface area contributed by atoms with E-state index < -0.39 is 5.54 Å². The Morgan fingerprint density at radius 3 is 2.45 bits per heavy atom. The molecule has 2 N–H and O–H groups in total. The van der Waals surface area contributed by atoms with E-state index in [9.17, 15) is 0 Å². The Balaban J connectivity index is 1.64. The molecule has 6 nitrogen and oxygen atoms in total. The highest BCUT2D eigenvalue weighted by atomic mass is 16.5. The van der Waals surface area contributed by atoms with Crippen molar-refractivity contribution in [3.8, 4) is 28.4 Å². The largest absolute Gasteiger partial charge is 0.493 e. The maximum atomic E-state index is 6.26. The maximum Gasteiger partial charge on any atom is 0.283 e. The van der Waals surface area contributed by atoms with E-state index in [0.29, 0.717) is 13.2 Å². The third-order valence-electron chi connectivity index (χ3n) is 5.61. The number of rotatable bonds is 3. The number of hydrogen-bond donors (Lipinski definition) is 1. The molecule has 2 aliphatic rings. The second-order valence-electron chi connectivity index (χ2n) is 9.31. The van der Waals surface area contributed by atoms with E-state index in [1.54, 1.807) is 6.26 Å². The molecule has 5 rings (SSSR count). The van der Waals surface area contributed by atoms with Crippen molar-refractivity contribution >= 4 is 6.02 Å². The summed E-state index contributed by atoms with van der Waals surface area (Å²) < 4.78 is 23.5. The lowest BCUT2D eigenvalue weighted by Gasteiger charge is -2.34. The van der Waals surface area contributed by atoms with Gasteiger partial charge in [0.25, 0.3) is 6.02 Å².